The minimum Gasteiger partial charge on any atom is -0.393 e. The van der Waals surface area contributed by atoms with Crippen molar-refractivity contribution in [1.29, 1.82) is 0 Å². The van der Waals surface area contributed by atoms with Crippen LogP contribution in [-0.4, -0.2) is 23.8 Å². The molecule has 7 heteroatoms. The molecule has 0 heterocycles. The summed E-state index contributed by atoms with van der Waals surface area (Å²) in [4.78, 5) is 11.6. The highest BCUT2D eigenvalue weighted by Crippen LogP contribution is 2.29. The topological polar surface area (TPSA) is 61.4 Å². The van der Waals surface area contributed by atoms with Crippen molar-refractivity contribution >= 4 is 6.03 Å². The molecule has 0 saturated heterocycles. The minimum atomic E-state index is -4.39. The molecular weight excluding hydrogens is 297 g/mol. The minimum absolute atomic E-state index is 0.0144. The SMILES string of the molecule is CC(O)CC(C)CNC(=O)NCc1cccc(C(F)(F)F)c1. The molecule has 2 amide bonds. The fourth-order valence-corrected chi connectivity index (χ4v) is 2.04. The third kappa shape index (κ3) is 6.80. The second kappa shape index (κ2) is 8.03. The maximum absolute atomic E-state index is 12.6. The molecule has 1 rings (SSSR count). The van der Waals surface area contributed by atoms with E-state index in [2.05, 4.69) is 10.6 Å². The molecule has 2 unspecified atom stereocenters. The van der Waals surface area contributed by atoms with Crippen molar-refractivity contribution in [2.24, 2.45) is 5.92 Å². The van der Waals surface area contributed by atoms with Gasteiger partial charge in [0, 0.05) is 13.1 Å². The van der Waals surface area contributed by atoms with E-state index in [4.69, 9.17) is 0 Å². The lowest BCUT2D eigenvalue weighted by molar-refractivity contribution is -0.137. The van der Waals surface area contributed by atoms with E-state index in [0.717, 1.165) is 12.1 Å². The Morgan fingerprint density at radius 3 is 2.55 bits per heavy atom. The molecule has 1 aromatic rings. The van der Waals surface area contributed by atoms with Gasteiger partial charge in [-0.05, 0) is 37.0 Å². The Morgan fingerprint density at radius 2 is 1.95 bits per heavy atom. The molecule has 2 atom stereocenters. The first-order valence-corrected chi connectivity index (χ1v) is 7.04. The lowest BCUT2D eigenvalue weighted by Crippen LogP contribution is -2.37. The highest BCUT2D eigenvalue weighted by molar-refractivity contribution is 5.73. The summed E-state index contributed by atoms with van der Waals surface area (Å²) in [5, 5.41) is 14.3. The number of carbonyl (C=O) groups excluding carboxylic acids is 1. The van der Waals surface area contributed by atoms with E-state index in [-0.39, 0.29) is 12.5 Å². The van der Waals surface area contributed by atoms with Crippen LogP contribution in [-0.2, 0) is 12.7 Å². The van der Waals surface area contributed by atoms with Gasteiger partial charge < -0.3 is 15.7 Å². The molecule has 0 radical (unpaired) electrons. The van der Waals surface area contributed by atoms with Gasteiger partial charge in [0.15, 0.2) is 0 Å². The molecule has 0 aliphatic heterocycles. The molecule has 0 fully saturated rings. The summed E-state index contributed by atoms with van der Waals surface area (Å²) in [7, 11) is 0. The number of benzene rings is 1. The number of carbonyl (C=O) groups is 1. The largest absolute Gasteiger partial charge is 0.416 e. The van der Waals surface area contributed by atoms with Crippen molar-refractivity contribution in [2.75, 3.05) is 6.54 Å². The van der Waals surface area contributed by atoms with Crippen molar-refractivity contribution in [3.05, 3.63) is 35.4 Å². The van der Waals surface area contributed by atoms with Crippen LogP contribution >= 0.6 is 0 Å². The zero-order chi connectivity index (χ0) is 16.8. The van der Waals surface area contributed by atoms with Crippen LogP contribution in [0.15, 0.2) is 24.3 Å². The van der Waals surface area contributed by atoms with Gasteiger partial charge in [0.25, 0.3) is 0 Å². The molecule has 3 N–H and O–H groups in total. The van der Waals surface area contributed by atoms with E-state index in [9.17, 15) is 23.1 Å². The van der Waals surface area contributed by atoms with Crippen LogP contribution in [0.1, 0.15) is 31.4 Å². The van der Waals surface area contributed by atoms with Gasteiger partial charge in [0.2, 0.25) is 0 Å². The average molecular weight is 318 g/mol. The van der Waals surface area contributed by atoms with Crippen LogP contribution in [0.3, 0.4) is 0 Å². The highest BCUT2D eigenvalue weighted by atomic mass is 19.4. The highest BCUT2D eigenvalue weighted by Gasteiger charge is 2.30. The van der Waals surface area contributed by atoms with Crippen LogP contribution in [0, 0.1) is 5.92 Å². The zero-order valence-electron chi connectivity index (χ0n) is 12.6. The van der Waals surface area contributed by atoms with Crippen LogP contribution in [0.2, 0.25) is 0 Å². The molecular formula is C15H21F3N2O2. The number of aliphatic hydroxyl groups is 1. The molecule has 0 spiro atoms. The molecule has 1 aromatic carbocycles. The van der Waals surface area contributed by atoms with Gasteiger partial charge in [0.05, 0.1) is 11.7 Å². The van der Waals surface area contributed by atoms with Crippen LogP contribution in [0.4, 0.5) is 18.0 Å². The lowest BCUT2D eigenvalue weighted by Gasteiger charge is -2.15. The Kier molecular flexibility index (Phi) is 6.67. The predicted octanol–water partition coefficient (Wildman–Crippen LogP) is 2.91. The van der Waals surface area contributed by atoms with Gasteiger partial charge in [-0.3, -0.25) is 0 Å². The lowest BCUT2D eigenvalue weighted by atomic mass is 10.1. The fourth-order valence-electron chi connectivity index (χ4n) is 2.04. The molecule has 0 saturated carbocycles. The van der Waals surface area contributed by atoms with Gasteiger partial charge in [-0.25, -0.2) is 4.79 Å². The Labute approximate surface area is 127 Å². The standard InChI is InChI=1S/C15H21F3N2O2/c1-10(6-11(2)21)8-19-14(22)20-9-12-4-3-5-13(7-12)15(16,17)18/h3-5,7,10-11,21H,6,8-9H2,1-2H3,(H2,19,20,22). The number of halogens is 3. The average Bonchev–Trinajstić information content (AvgIpc) is 2.41. The third-order valence-electron chi connectivity index (χ3n) is 3.06. The molecule has 22 heavy (non-hydrogen) atoms. The molecule has 0 aliphatic rings. The maximum atomic E-state index is 12.6. The van der Waals surface area contributed by atoms with Gasteiger partial charge in [-0.15, -0.1) is 0 Å². The van der Waals surface area contributed by atoms with E-state index in [0.29, 0.717) is 18.5 Å². The van der Waals surface area contributed by atoms with Gasteiger partial charge in [0.1, 0.15) is 0 Å². The molecule has 124 valence electrons. The smallest absolute Gasteiger partial charge is 0.393 e. The van der Waals surface area contributed by atoms with Crippen molar-refractivity contribution < 1.29 is 23.1 Å². The number of amides is 2. The number of hydrogen-bond donors (Lipinski definition) is 3. The molecule has 4 nitrogen and oxygen atoms in total. The quantitative estimate of drug-likeness (QED) is 0.755. The summed E-state index contributed by atoms with van der Waals surface area (Å²) in [5.74, 6) is 0.110. The summed E-state index contributed by atoms with van der Waals surface area (Å²) >= 11 is 0. The third-order valence-corrected chi connectivity index (χ3v) is 3.06. The summed E-state index contributed by atoms with van der Waals surface area (Å²) in [6.45, 7) is 3.96. The monoisotopic (exact) mass is 318 g/mol. The Balaban J connectivity index is 2.41. The second-order valence-corrected chi connectivity index (χ2v) is 5.45. The van der Waals surface area contributed by atoms with Gasteiger partial charge in [-0.2, -0.15) is 13.2 Å². The first-order valence-electron chi connectivity index (χ1n) is 7.04. The molecule has 0 bridgehead atoms. The predicted molar refractivity (Wildman–Crippen MR) is 77.1 cm³/mol. The number of hydrogen-bond acceptors (Lipinski definition) is 2. The number of rotatable bonds is 6. The number of urea groups is 1. The fraction of sp³-hybridized carbons (Fsp3) is 0.533. The summed E-state index contributed by atoms with van der Waals surface area (Å²) in [6.07, 6.45) is -4.27. The molecule has 0 aliphatic carbocycles. The van der Waals surface area contributed by atoms with E-state index in [1.807, 2.05) is 6.92 Å². The van der Waals surface area contributed by atoms with Crippen LogP contribution in [0.25, 0.3) is 0 Å². The Hall–Kier alpha value is -1.76. The normalized spacial score (nSPS) is 14.3. The van der Waals surface area contributed by atoms with E-state index >= 15 is 0 Å². The van der Waals surface area contributed by atoms with Crippen molar-refractivity contribution in [2.45, 2.75) is 39.1 Å². The number of aliphatic hydroxyl groups excluding tert-OH is 1. The van der Waals surface area contributed by atoms with Gasteiger partial charge in [-0.1, -0.05) is 19.1 Å². The summed E-state index contributed by atoms with van der Waals surface area (Å²) < 4.78 is 37.7. The summed E-state index contributed by atoms with van der Waals surface area (Å²) in [6, 6.07) is 4.38. The Bertz CT molecular complexity index is 490. The van der Waals surface area contributed by atoms with Crippen molar-refractivity contribution in [3.8, 4) is 0 Å². The van der Waals surface area contributed by atoms with Crippen LogP contribution < -0.4 is 10.6 Å². The van der Waals surface area contributed by atoms with E-state index in [1.54, 1.807) is 6.92 Å². The second-order valence-electron chi connectivity index (χ2n) is 5.45. The van der Waals surface area contributed by atoms with E-state index < -0.39 is 23.9 Å². The maximum Gasteiger partial charge on any atom is 0.416 e. The van der Waals surface area contributed by atoms with Crippen molar-refractivity contribution in [3.63, 3.8) is 0 Å². The number of nitrogens with one attached hydrogen (secondary N) is 2. The first kappa shape index (κ1) is 18.3. The summed E-state index contributed by atoms with van der Waals surface area (Å²) in [5.41, 5.74) is -0.361. The zero-order valence-corrected chi connectivity index (χ0v) is 12.6. The first-order chi connectivity index (χ1) is 10.2. The van der Waals surface area contributed by atoms with E-state index in [1.165, 1.54) is 12.1 Å². The van der Waals surface area contributed by atoms with Gasteiger partial charge >= 0.3 is 12.2 Å². The number of alkyl halides is 3. The van der Waals surface area contributed by atoms with Crippen molar-refractivity contribution in [1.82, 2.24) is 10.6 Å². The molecule has 0 aromatic heterocycles. The Morgan fingerprint density at radius 1 is 1.27 bits per heavy atom. The van der Waals surface area contributed by atoms with Crippen LogP contribution in [0.5, 0.6) is 0 Å².